The van der Waals surface area contributed by atoms with Gasteiger partial charge in [0, 0.05) is 29.2 Å². The van der Waals surface area contributed by atoms with Gasteiger partial charge in [-0.05, 0) is 0 Å². The second-order valence-electron chi connectivity index (χ2n) is 1.49. The van der Waals surface area contributed by atoms with Crippen LogP contribution >= 0.6 is 0 Å². The van der Waals surface area contributed by atoms with Crippen LogP contribution in [-0.4, -0.2) is 22.1 Å². The lowest BCUT2D eigenvalue weighted by atomic mass is 10.5. The van der Waals surface area contributed by atoms with E-state index >= 15 is 0 Å². The third-order valence-electron chi connectivity index (χ3n) is 0.636. The molecule has 0 rings (SSSR count). The van der Waals surface area contributed by atoms with Crippen molar-refractivity contribution in [1.82, 2.24) is 0 Å². The van der Waals surface area contributed by atoms with Crippen LogP contribution in [0.15, 0.2) is 0 Å². The maximum absolute atomic E-state index is 10.3. The molecule has 0 fully saturated rings. The zero-order valence-electron chi connectivity index (χ0n) is 4.72. The van der Waals surface area contributed by atoms with Crippen LogP contribution in [0.2, 0.25) is 0 Å². The van der Waals surface area contributed by atoms with Gasteiger partial charge in [0.25, 0.3) is 0 Å². The van der Waals surface area contributed by atoms with Crippen LogP contribution in [0.3, 0.4) is 0 Å². The Morgan fingerprint density at radius 3 is 2.38 bits per heavy atom. The number of rotatable bonds is 3. The van der Waals surface area contributed by atoms with E-state index in [2.05, 4.69) is 0 Å². The van der Waals surface area contributed by atoms with E-state index in [1.165, 1.54) is 0 Å². The highest BCUT2D eigenvalue weighted by atomic mass is 32.2. The zero-order chi connectivity index (χ0) is 6.57. The van der Waals surface area contributed by atoms with Gasteiger partial charge in [0.15, 0.2) is 0 Å². The topological polar surface area (TPSA) is 60.2 Å². The molecule has 0 aromatic carbocycles. The molecule has 2 N–H and O–H groups in total. The lowest BCUT2D eigenvalue weighted by Crippen LogP contribution is -2.13. The molecule has 0 saturated carbocycles. The molecule has 0 aliphatic carbocycles. The molecule has 8 heavy (non-hydrogen) atoms. The number of carbonyl (C=O) groups is 1. The van der Waals surface area contributed by atoms with Crippen molar-refractivity contribution < 1.29 is 9.00 Å². The predicted molar refractivity (Wildman–Crippen MR) is 32.7 cm³/mol. The average Bonchev–Trinajstić information content (AvgIpc) is 1.61. The summed E-state index contributed by atoms with van der Waals surface area (Å²) >= 11 is 0. The predicted octanol–water partition coefficient (Wildman–Crippen LogP) is -0.760. The average molecular weight is 135 g/mol. The smallest absolute Gasteiger partial charge is 0.218 e. The van der Waals surface area contributed by atoms with Crippen molar-refractivity contribution in [2.24, 2.45) is 5.73 Å². The first kappa shape index (κ1) is 7.62. The molecule has 0 aliphatic heterocycles. The van der Waals surface area contributed by atoms with Crippen LogP contribution in [0.4, 0.5) is 0 Å². The van der Waals surface area contributed by atoms with Gasteiger partial charge in [-0.3, -0.25) is 9.00 Å². The van der Waals surface area contributed by atoms with Gasteiger partial charge < -0.3 is 5.73 Å². The molecule has 0 aromatic heterocycles. The monoisotopic (exact) mass is 135 g/mol. The van der Waals surface area contributed by atoms with Crippen LogP contribution in [0.1, 0.15) is 6.42 Å². The fourth-order valence-corrected chi connectivity index (χ4v) is 0.733. The molecule has 4 heteroatoms. The van der Waals surface area contributed by atoms with Gasteiger partial charge in [0.1, 0.15) is 0 Å². The molecule has 0 spiro atoms. The third-order valence-corrected chi connectivity index (χ3v) is 1.41. The summed E-state index contributed by atoms with van der Waals surface area (Å²) < 4.78 is 10.3. The lowest BCUT2D eigenvalue weighted by molar-refractivity contribution is -0.117. The Bertz CT molecular complexity index is 98.6. The molecular formula is C4H9NO2S. The molecular weight excluding hydrogens is 126 g/mol. The maximum atomic E-state index is 10.3. The SMILES string of the molecule is CS(=O)CCC(N)=O. The Labute approximate surface area is 50.7 Å². The summed E-state index contributed by atoms with van der Waals surface area (Å²) in [5, 5.41) is 0. The standard InChI is InChI=1S/C4H9NO2S/c1-8(7)3-2-4(5)6/h2-3H2,1H3,(H2,5,6). The van der Waals surface area contributed by atoms with Crippen molar-refractivity contribution in [3.63, 3.8) is 0 Å². The van der Waals surface area contributed by atoms with E-state index in [-0.39, 0.29) is 12.3 Å². The van der Waals surface area contributed by atoms with Crippen LogP contribution in [0.25, 0.3) is 0 Å². The summed E-state index contributed by atoms with van der Waals surface area (Å²) in [5.74, 6) is -0.00444. The summed E-state index contributed by atoms with van der Waals surface area (Å²) in [4.78, 5) is 9.99. The first-order valence-electron chi connectivity index (χ1n) is 2.21. The number of nitrogens with two attached hydrogens (primary N) is 1. The minimum absolute atomic E-state index is 0.225. The summed E-state index contributed by atoms with van der Waals surface area (Å²) in [7, 11) is -0.887. The molecule has 0 heterocycles. The number of primary amides is 1. The van der Waals surface area contributed by atoms with Gasteiger partial charge in [-0.15, -0.1) is 0 Å². The molecule has 0 aromatic rings. The Morgan fingerprint density at radius 1 is 1.75 bits per heavy atom. The van der Waals surface area contributed by atoms with Gasteiger partial charge in [0.05, 0.1) is 0 Å². The van der Waals surface area contributed by atoms with Gasteiger partial charge in [-0.25, -0.2) is 0 Å². The maximum Gasteiger partial charge on any atom is 0.218 e. The fourth-order valence-electron chi connectivity index (χ4n) is 0.244. The first-order chi connectivity index (χ1) is 3.63. The third kappa shape index (κ3) is 5.62. The Morgan fingerprint density at radius 2 is 2.25 bits per heavy atom. The van der Waals surface area contributed by atoms with Crippen molar-refractivity contribution in [2.75, 3.05) is 12.0 Å². The van der Waals surface area contributed by atoms with Crippen molar-refractivity contribution in [1.29, 1.82) is 0 Å². The molecule has 0 aliphatic rings. The van der Waals surface area contributed by atoms with Crippen LogP contribution in [0.5, 0.6) is 0 Å². The second kappa shape index (κ2) is 3.60. The van der Waals surface area contributed by atoms with Gasteiger partial charge in [-0.1, -0.05) is 0 Å². The number of carbonyl (C=O) groups excluding carboxylic acids is 1. The number of hydrogen-bond donors (Lipinski definition) is 1. The van der Waals surface area contributed by atoms with E-state index in [1.807, 2.05) is 0 Å². The first-order valence-corrected chi connectivity index (χ1v) is 3.94. The van der Waals surface area contributed by atoms with Gasteiger partial charge in [-0.2, -0.15) is 0 Å². The van der Waals surface area contributed by atoms with Crippen LogP contribution < -0.4 is 5.73 Å². The van der Waals surface area contributed by atoms with Crippen molar-refractivity contribution >= 4 is 16.7 Å². The molecule has 0 radical (unpaired) electrons. The largest absolute Gasteiger partial charge is 0.370 e. The highest BCUT2D eigenvalue weighted by molar-refractivity contribution is 7.84. The Hall–Kier alpha value is -0.380. The molecule has 0 saturated heterocycles. The van der Waals surface area contributed by atoms with E-state index < -0.39 is 10.8 Å². The normalized spacial score (nSPS) is 13.1. The van der Waals surface area contributed by atoms with E-state index in [1.54, 1.807) is 6.26 Å². The molecule has 3 nitrogen and oxygen atoms in total. The lowest BCUT2D eigenvalue weighted by Gasteiger charge is -1.88. The quantitative estimate of drug-likeness (QED) is 0.553. The Kier molecular flexibility index (Phi) is 3.43. The Balaban J connectivity index is 3.18. The molecule has 1 atom stereocenters. The van der Waals surface area contributed by atoms with Crippen molar-refractivity contribution in [3.8, 4) is 0 Å². The highest BCUT2D eigenvalue weighted by Crippen LogP contribution is 1.79. The fraction of sp³-hybridized carbons (Fsp3) is 0.750. The summed E-state index contributed by atoms with van der Waals surface area (Å²) in [6.07, 6.45) is 1.77. The van der Waals surface area contributed by atoms with Gasteiger partial charge in [0.2, 0.25) is 5.91 Å². The molecule has 1 amide bonds. The highest BCUT2D eigenvalue weighted by Gasteiger charge is 1.94. The zero-order valence-corrected chi connectivity index (χ0v) is 5.53. The van der Waals surface area contributed by atoms with Crippen molar-refractivity contribution in [2.45, 2.75) is 6.42 Å². The van der Waals surface area contributed by atoms with E-state index in [0.717, 1.165) is 0 Å². The van der Waals surface area contributed by atoms with Crippen LogP contribution in [0, 0.1) is 0 Å². The summed E-state index contributed by atoms with van der Waals surface area (Å²) in [6, 6.07) is 0. The van der Waals surface area contributed by atoms with Crippen LogP contribution in [-0.2, 0) is 15.6 Å². The van der Waals surface area contributed by atoms with E-state index in [0.29, 0.717) is 5.75 Å². The molecule has 0 bridgehead atoms. The minimum atomic E-state index is -0.887. The van der Waals surface area contributed by atoms with Gasteiger partial charge >= 0.3 is 0 Å². The molecule has 1 unspecified atom stereocenters. The summed E-state index contributed by atoms with van der Waals surface area (Å²) in [5.41, 5.74) is 4.77. The number of amides is 1. The van der Waals surface area contributed by atoms with Crippen molar-refractivity contribution in [3.05, 3.63) is 0 Å². The minimum Gasteiger partial charge on any atom is -0.370 e. The van der Waals surface area contributed by atoms with E-state index in [9.17, 15) is 9.00 Å². The summed E-state index contributed by atoms with van der Waals surface area (Å²) in [6.45, 7) is 0. The second-order valence-corrected chi connectivity index (χ2v) is 3.05. The van der Waals surface area contributed by atoms with E-state index in [4.69, 9.17) is 5.73 Å². The number of hydrogen-bond acceptors (Lipinski definition) is 2. The molecule has 48 valence electrons.